The lowest BCUT2D eigenvalue weighted by atomic mass is 9.82. The molecule has 2 amide bonds. The van der Waals surface area contributed by atoms with Crippen LogP contribution in [0.5, 0.6) is 0 Å². The monoisotopic (exact) mass is 310 g/mol. The maximum atomic E-state index is 11.9. The third-order valence-corrected chi connectivity index (χ3v) is 3.66. The zero-order valence-corrected chi connectivity index (χ0v) is 12.0. The molecule has 1 rings (SSSR count). The lowest BCUT2D eigenvalue weighted by Crippen LogP contribution is -2.51. The zero-order valence-electron chi connectivity index (χ0n) is 12.0. The molecule has 1 atom stereocenters. The molecule has 0 radical (unpaired) electrons. The summed E-state index contributed by atoms with van der Waals surface area (Å²) in [6, 6.07) is -0.408. The lowest BCUT2D eigenvalue weighted by Gasteiger charge is -2.37. The molecule has 0 aliphatic carbocycles. The van der Waals surface area contributed by atoms with Crippen LogP contribution in [0.3, 0.4) is 0 Å². The van der Waals surface area contributed by atoms with Crippen molar-refractivity contribution in [3.63, 3.8) is 0 Å². The number of amides is 2. The summed E-state index contributed by atoms with van der Waals surface area (Å²) in [5.41, 5.74) is -0.953. The van der Waals surface area contributed by atoms with E-state index in [0.29, 0.717) is 19.4 Å². The highest BCUT2D eigenvalue weighted by Gasteiger charge is 2.39. The number of nitrogens with one attached hydrogen (secondary N) is 1. The van der Waals surface area contributed by atoms with Crippen molar-refractivity contribution in [1.29, 1.82) is 0 Å². The molecule has 1 fully saturated rings. The van der Waals surface area contributed by atoms with E-state index in [9.17, 15) is 22.8 Å². The fraction of sp³-hybridized carbons (Fsp3) is 0.846. The molecule has 122 valence electrons. The summed E-state index contributed by atoms with van der Waals surface area (Å²) in [5.74, 6) is -0.940. The molecule has 0 aromatic heterocycles. The van der Waals surface area contributed by atoms with Crippen molar-refractivity contribution in [1.82, 2.24) is 10.2 Å². The van der Waals surface area contributed by atoms with Crippen molar-refractivity contribution in [2.24, 2.45) is 5.41 Å². The minimum absolute atomic E-state index is 0.0311. The molecule has 1 unspecified atom stereocenters. The van der Waals surface area contributed by atoms with Gasteiger partial charge in [-0.15, -0.1) is 0 Å². The summed E-state index contributed by atoms with van der Waals surface area (Å²) in [7, 11) is 0. The van der Waals surface area contributed by atoms with Crippen LogP contribution in [0.25, 0.3) is 0 Å². The third kappa shape index (κ3) is 5.81. The highest BCUT2D eigenvalue weighted by molar-refractivity contribution is 5.78. The molecule has 0 spiro atoms. The molecule has 1 aliphatic rings. The predicted molar refractivity (Wildman–Crippen MR) is 69.9 cm³/mol. The fourth-order valence-corrected chi connectivity index (χ4v) is 2.34. The van der Waals surface area contributed by atoms with Crippen molar-refractivity contribution >= 4 is 12.0 Å². The summed E-state index contributed by atoms with van der Waals surface area (Å²) in [4.78, 5) is 24.5. The first-order valence-electron chi connectivity index (χ1n) is 6.97. The van der Waals surface area contributed by atoms with E-state index in [-0.39, 0.29) is 25.9 Å². The van der Waals surface area contributed by atoms with Gasteiger partial charge in [0.15, 0.2) is 0 Å². The molecule has 0 aromatic rings. The number of unbranched alkanes of at least 4 members (excludes halogenated alkanes) is 1. The van der Waals surface area contributed by atoms with Gasteiger partial charge >= 0.3 is 18.2 Å². The van der Waals surface area contributed by atoms with E-state index in [4.69, 9.17) is 5.11 Å². The van der Waals surface area contributed by atoms with Gasteiger partial charge in [-0.3, -0.25) is 4.79 Å². The Labute approximate surface area is 121 Å². The van der Waals surface area contributed by atoms with E-state index >= 15 is 0 Å². The van der Waals surface area contributed by atoms with Crippen LogP contribution in [-0.4, -0.2) is 47.8 Å². The average molecular weight is 310 g/mol. The van der Waals surface area contributed by atoms with Gasteiger partial charge < -0.3 is 15.3 Å². The van der Waals surface area contributed by atoms with Crippen molar-refractivity contribution in [2.75, 3.05) is 19.6 Å². The van der Waals surface area contributed by atoms with Crippen LogP contribution in [0.2, 0.25) is 0 Å². The van der Waals surface area contributed by atoms with Crippen molar-refractivity contribution in [2.45, 2.75) is 45.2 Å². The first kappa shape index (κ1) is 17.6. The summed E-state index contributed by atoms with van der Waals surface area (Å²) in [6.07, 6.45) is -3.70. The Kier molecular flexibility index (Phi) is 5.86. The number of alkyl halides is 3. The van der Waals surface area contributed by atoms with Crippen molar-refractivity contribution in [3.05, 3.63) is 0 Å². The molecule has 1 heterocycles. The Balaban J connectivity index is 2.31. The largest absolute Gasteiger partial charge is 0.481 e. The van der Waals surface area contributed by atoms with Gasteiger partial charge in [-0.1, -0.05) is 0 Å². The van der Waals surface area contributed by atoms with Gasteiger partial charge in [0.25, 0.3) is 0 Å². The lowest BCUT2D eigenvalue weighted by molar-refractivity contribution is -0.150. The molecule has 5 nitrogen and oxygen atoms in total. The van der Waals surface area contributed by atoms with Crippen molar-refractivity contribution < 1.29 is 27.9 Å². The van der Waals surface area contributed by atoms with Gasteiger partial charge in [-0.25, -0.2) is 4.79 Å². The number of hydrogen-bond donors (Lipinski definition) is 2. The first-order valence-corrected chi connectivity index (χ1v) is 6.97. The van der Waals surface area contributed by atoms with Crippen LogP contribution in [0.15, 0.2) is 0 Å². The summed E-state index contributed by atoms with van der Waals surface area (Å²) >= 11 is 0. The van der Waals surface area contributed by atoms with Crippen LogP contribution < -0.4 is 5.32 Å². The Morgan fingerprint density at radius 3 is 2.57 bits per heavy atom. The normalized spacial score (nSPS) is 23.0. The Morgan fingerprint density at radius 2 is 2.00 bits per heavy atom. The van der Waals surface area contributed by atoms with Gasteiger partial charge in [0.05, 0.1) is 5.41 Å². The topological polar surface area (TPSA) is 69.6 Å². The van der Waals surface area contributed by atoms with E-state index in [0.717, 1.165) is 0 Å². The van der Waals surface area contributed by atoms with Crippen LogP contribution in [0, 0.1) is 5.41 Å². The summed E-state index contributed by atoms with van der Waals surface area (Å²) < 4.78 is 35.8. The highest BCUT2D eigenvalue weighted by atomic mass is 19.4. The van der Waals surface area contributed by atoms with Crippen LogP contribution >= 0.6 is 0 Å². The molecule has 8 heteroatoms. The number of carboxylic acid groups (broad SMARTS) is 1. The molecule has 0 bridgehead atoms. The third-order valence-electron chi connectivity index (χ3n) is 3.66. The molecule has 2 N–H and O–H groups in total. The number of carboxylic acids is 1. The number of hydrogen-bond acceptors (Lipinski definition) is 2. The molecular formula is C13H21F3N2O3. The van der Waals surface area contributed by atoms with E-state index in [1.165, 1.54) is 4.90 Å². The number of piperidine rings is 1. The molecular weight excluding hydrogens is 289 g/mol. The first-order chi connectivity index (χ1) is 9.64. The minimum atomic E-state index is -4.17. The quantitative estimate of drug-likeness (QED) is 0.767. The van der Waals surface area contributed by atoms with Gasteiger partial charge in [0, 0.05) is 26.1 Å². The van der Waals surface area contributed by atoms with Gasteiger partial charge in [-0.2, -0.15) is 13.2 Å². The number of likely N-dealkylation sites (tertiary alicyclic amines) is 1. The molecule has 0 aromatic carbocycles. The maximum absolute atomic E-state index is 11.9. The summed E-state index contributed by atoms with van der Waals surface area (Å²) in [5, 5.41) is 11.7. The van der Waals surface area contributed by atoms with Gasteiger partial charge in [0.2, 0.25) is 0 Å². The Morgan fingerprint density at radius 1 is 1.33 bits per heavy atom. The number of halogens is 3. The number of rotatable bonds is 5. The highest BCUT2D eigenvalue weighted by Crippen LogP contribution is 2.29. The van der Waals surface area contributed by atoms with E-state index in [1.54, 1.807) is 6.92 Å². The van der Waals surface area contributed by atoms with Crippen LogP contribution in [-0.2, 0) is 4.79 Å². The van der Waals surface area contributed by atoms with Gasteiger partial charge in [0.1, 0.15) is 0 Å². The summed E-state index contributed by atoms with van der Waals surface area (Å²) in [6.45, 7) is 2.35. The standard InChI is InChI=1S/C13H21F3N2O3/c1-12(10(19)20)5-4-8-18(9-12)11(21)17-7-3-2-6-13(14,15)16/h2-9H2,1H3,(H,17,21)(H,19,20). The van der Waals surface area contributed by atoms with E-state index in [1.807, 2.05) is 0 Å². The number of urea groups is 1. The minimum Gasteiger partial charge on any atom is -0.481 e. The zero-order chi connectivity index (χ0) is 16.1. The second-order valence-corrected chi connectivity index (χ2v) is 5.70. The smallest absolute Gasteiger partial charge is 0.389 e. The number of carbonyl (C=O) groups is 2. The molecule has 0 saturated carbocycles. The molecule has 21 heavy (non-hydrogen) atoms. The van der Waals surface area contributed by atoms with Crippen LogP contribution in [0.1, 0.15) is 39.0 Å². The Bertz CT molecular complexity index is 387. The fourth-order valence-electron chi connectivity index (χ4n) is 2.34. The number of aliphatic carboxylic acids is 1. The van der Waals surface area contributed by atoms with Gasteiger partial charge in [-0.05, 0) is 32.6 Å². The second kappa shape index (κ2) is 7.00. The predicted octanol–water partition coefficient (Wildman–Crippen LogP) is 2.62. The van der Waals surface area contributed by atoms with Crippen LogP contribution in [0.4, 0.5) is 18.0 Å². The second-order valence-electron chi connectivity index (χ2n) is 5.70. The number of nitrogens with zero attached hydrogens (tertiary/aromatic N) is 1. The maximum Gasteiger partial charge on any atom is 0.389 e. The molecule has 1 aliphatic heterocycles. The van der Waals surface area contributed by atoms with E-state index < -0.39 is 30.0 Å². The number of carbonyl (C=O) groups excluding carboxylic acids is 1. The average Bonchev–Trinajstić information content (AvgIpc) is 2.36. The van der Waals surface area contributed by atoms with E-state index in [2.05, 4.69) is 5.32 Å². The Hall–Kier alpha value is -1.47. The SMILES string of the molecule is CC1(C(=O)O)CCCN(C(=O)NCCCCC(F)(F)F)C1. The molecule has 1 saturated heterocycles. The van der Waals surface area contributed by atoms with Crippen molar-refractivity contribution in [3.8, 4) is 0 Å².